The van der Waals surface area contributed by atoms with Gasteiger partial charge in [0.2, 0.25) is 5.95 Å². The second kappa shape index (κ2) is 13.3. The summed E-state index contributed by atoms with van der Waals surface area (Å²) < 4.78 is 33.5. The number of benzene rings is 2. The van der Waals surface area contributed by atoms with Crippen molar-refractivity contribution in [3.63, 3.8) is 0 Å². The fourth-order valence-electron chi connectivity index (χ4n) is 5.29. The van der Waals surface area contributed by atoms with Crippen LogP contribution in [0.3, 0.4) is 0 Å². The van der Waals surface area contributed by atoms with Crippen molar-refractivity contribution >= 4 is 39.2 Å². The number of anilines is 1. The number of carboxylic acid groups (broad SMARTS) is 1. The lowest BCUT2D eigenvalue weighted by Crippen LogP contribution is -2.58. The number of hydroxylamine groups is 1. The molecule has 43 heavy (non-hydrogen) atoms. The third-order valence-electron chi connectivity index (χ3n) is 7.32. The first-order valence-electron chi connectivity index (χ1n) is 14.1. The molecule has 3 aromatic rings. The lowest BCUT2D eigenvalue weighted by atomic mass is 9.95. The Bertz CT molecular complexity index is 1520. The highest BCUT2D eigenvalue weighted by Gasteiger charge is 2.40. The number of rotatable bonds is 11. The van der Waals surface area contributed by atoms with Gasteiger partial charge in [-0.05, 0) is 63.8 Å². The summed E-state index contributed by atoms with van der Waals surface area (Å²) in [6.45, 7) is 4.65. The van der Waals surface area contributed by atoms with E-state index in [1.807, 2.05) is 30.3 Å². The van der Waals surface area contributed by atoms with Crippen LogP contribution in [0.4, 0.5) is 15.5 Å². The first kappa shape index (κ1) is 32.2. The van der Waals surface area contributed by atoms with E-state index in [0.29, 0.717) is 23.9 Å². The first-order chi connectivity index (χ1) is 20.3. The zero-order valence-electron chi connectivity index (χ0n) is 24.7. The molecule has 2 unspecified atom stereocenters. The van der Waals surface area contributed by atoms with Crippen LogP contribution in [-0.2, 0) is 26.0 Å². The number of carbonyl (C=O) groups excluding carboxylic acids is 1. The molecule has 1 fully saturated rings. The van der Waals surface area contributed by atoms with Crippen molar-refractivity contribution in [3.8, 4) is 0 Å². The van der Waals surface area contributed by atoms with Crippen molar-refractivity contribution in [2.45, 2.75) is 81.6 Å². The predicted octanol–water partition coefficient (Wildman–Crippen LogP) is 4.36. The molecule has 2 amide bonds. The molecule has 1 aliphatic carbocycles. The maximum atomic E-state index is 14.0. The van der Waals surface area contributed by atoms with E-state index in [2.05, 4.69) is 20.0 Å². The lowest BCUT2D eigenvalue weighted by molar-refractivity contribution is -0.149. The van der Waals surface area contributed by atoms with E-state index in [0.717, 1.165) is 27.8 Å². The molecule has 0 radical (unpaired) electrons. The summed E-state index contributed by atoms with van der Waals surface area (Å²) in [5.74, 6) is 0.0746. The van der Waals surface area contributed by atoms with Crippen molar-refractivity contribution < 1.29 is 37.8 Å². The lowest BCUT2D eigenvalue weighted by Gasteiger charge is -2.42. The van der Waals surface area contributed by atoms with Gasteiger partial charge in [-0.15, -0.1) is 0 Å². The number of H-pyrrole nitrogens is 1. The number of ether oxygens (including phenoxy) is 1. The second-order valence-electron chi connectivity index (χ2n) is 11.5. The third kappa shape index (κ3) is 7.82. The third-order valence-corrected chi connectivity index (χ3v) is 8.94. The van der Waals surface area contributed by atoms with Crippen LogP contribution >= 0.6 is 0 Å². The number of hydrogen-bond donors (Lipinski definition) is 4. The Morgan fingerprint density at radius 1 is 1.14 bits per heavy atom. The van der Waals surface area contributed by atoms with Gasteiger partial charge in [0.05, 0.1) is 47.8 Å². The van der Waals surface area contributed by atoms with Crippen LogP contribution in [0.25, 0.3) is 11.0 Å². The molecule has 14 heteroatoms. The number of nitrogens with one attached hydrogen (secondary N) is 2. The van der Waals surface area contributed by atoms with E-state index in [9.17, 15) is 28.2 Å². The number of aliphatic hydroxyl groups excluding tert-OH is 1. The fraction of sp³-hybridized carbons (Fsp3) is 0.483. The number of nitrogens with zero attached hydrogens (tertiary/aromatic N) is 3. The molecule has 2 atom stereocenters. The minimum atomic E-state index is -4.36. The number of methoxy groups -OCH3 is 1. The van der Waals surface area contributed by atoms with Gasteiger partial charge in [0.15, 0.2) is 0 Å². The number of carbonyl (C=O) groups is 2. The molecule has 1 aliphatic rings. The van der Waals surface area contributed by atoms with Gasteiger partial charge < -0.3 is 19.9 Å². The molecule has 0 bridgehead atoms. The maximum absolute atomic E-state index is 14.0. The Labute approximate surface area is 250 Å². The van der Waals surface area contributed by atoms with Crippen LogP contribution in [-0.4, -0.2) is 87.6 Å². The van der Waals surface area contributed by atoms with Gasteiger partial charge in [0.1, 0.15) is 0 Å². The van der Waals surface area contributed by atoms with E-state index < -0.39 is 46.4 Å². The Morgan fingerprint density at radius 3 is 2.42 bits per heavy atom. The Morgan fingerprint density at radius 2 is 1.81 bits per heavy atom. The standard InChI is InChI=1S/C29H39N5O8S/c1-29(2,3)34(28(37)38)24(16-19-10-6-5-7-11-19)25(35)18-33(42-20-12-8-9-13-20)43(39,40)21-14-15-22-23(17-21)31-26(30-22)32-27(36)41-4/h5-7,10-11,14-15,17,20,24-25,35H,8-9,12-13,16,18H2,1-4H3,(H,37,38)(H2,30,31,32,36). The van der Waals surface area contributed by atoms with Gasteiger partial charge in [-0.25, -0.2) is 23.0 Å². The molecule has 13 nitrogen and oxygen atoms in total. The minimum Gasteiger partial charge on any atom is -0.465 e. The summed E-state index contributed by atoms with van der Waals surface area (Å²) in [4.78, 5) is 38.2. The molecule has 0 aliphatic heterocycles. The monoisotopic (exact) mass is 617 g/mol. The average Bonchev–Trinajstić information content (AvgIpc) is 3.60. The minimum absolute atomic E-state index is 0.0746. The van der Waals surface area contributed by atoms with Gasteiger partial charge in [0.25, 0.3) is 10.0 Å². The zero-order chi connectivity index (χ0) is 31.4. The van der Waals surface area contributed by atoms with Crippen molar-refractivity contribution in [1.29, 1.82) is 0 Å². The number of sulfonamides is 1. The zero-order valence-corrected chi connectivity index (χ0v) is 25.5. The molecule has 0 spiro atoms. The number of aromatic amines is 1. The van der Waals surface area contributed by atoms with Crippen LogP contribution in [0.1, 0.15) is 52.0 Å². The van der Waals surface area contributed by atoms with E-state index >= 15 is 0 Å². The highest BCUT2D eigenvalue weighted by molar-refractivity contribution is 7.89. The molecular weight excluding hydrogens is 578 g/mol. The molecule has 234 valence electrons. The largest absolute Gasteiger partial charge is 0.465 e. The van der Waals surface area contributed by atoms with Gasteiger partial charge in [-0.3, -0.25) is 15.1 Å². The molecule has 1 heterocycles. The van der Waals surface area contributed by atoms with E-state index in [4.69, 9.17) is 4.84 Å². The predicted molar refractivity (Wildman–Crippen MR) is 159 cm³/mol. The van der Waals surface area contributed by atoms with E-state index in [1.54, 1.807) is 20.8 Å². The van der Waals surface area contributed by atoms with E-state index in [-0.39, 0.29) is 23.4 Å². The summed E-state index contributed by atoms with van der Waals surface area (Å²) in [5, 5.41) is 24.2. The molecule has 4 N–H and O–H groups in total. The van der Waals surface area contributed by atoms with Crippen molar-refractivity contribution in [2.75, 3.05) is 19.0 Å². The van der Waals surface area contributed by atoms with Crippen LogP contribution in [0.2, 0.25) is 0 Å². The van der Waals surface area contributed by atoms with Gasteiger partial charge in [-0.2, -0.15) is 0 Å². The highest BCUT2D eigenvalue weighted by atomic mass is 32.2. The van der Waals surface area contributed by atoms with Crippen molar-refractivity contribution in [1.82, 2.24) is 19.3 Å². The molecule has 1 aromatic heterocycles. The fourth-order valence-corrected chi connectivity index (χ4v) is 6.61. The van der Waals surface area contributed by atoms with Crippen LogP contribution in [0.5, 0.6) is 0 Å². The number of hydrogen-bond acceptors (Lipinski definition) is 8. The van der Waals surface area contributed by atoms with Gasteiger partial charge in [0, 0.05) is 5.54 Å². The Balaban J connectivity index is 1.69. The summed E-state index contributed by atoms with van der Waals surface area (Å²) in [7, 11) is -3.15. The topological polar surface area (TPSA) is 174 Å². The maximum Gasteiger partial charge on any atom is 0.413 e. The SMILES string of the molecule is COC(=O)Nc1nc2ccc(S(=O)(=O)N(CC(O)C(Cc3ccccc3)N(C(=O)O)C(C)(C)C)OC3CCCC3)cc2[nH]1. The molecule has 2 aromatic carbocycles. The van der Waals surface area contributed by atoms with Crippen LogP contribution in [0.15, 0.2) is 53.4 Å². The summed E-state index contributed by atoms with van der Waals surface area (Å²) in [5.41, 5.74) is 0.623. The van der Waals surface area contributed by atoms with Crippen molar-refractivity contribution in [3.05, 3.63) is 54.1 Å². The van der Waals surface area contributed by atoms with Crippen LogP contribution in [0, 0.1) is 0 Å². The highest BCUT2D eigenvalue weighted by Crippen LogP contribution is 2.29. The number of aromatic nitrogens is 2. The molecule has 0 saturated heterocycles. The average molecular weight is 618 g/mol. The van der Waals surface area contributed by atoms with Gasteiger partial charge in [-0.1, -0.05) is 47.6 Å². The number of amides is 2. The molecular formula is C29H39N5O8S. The number of fused-ring (bicyclic) bond motifs is 1. The van der Waals surface area contributed by atoms with Crippen molar-refractivity contribution in [2.24, 2.45) is 0 Å². The molecule has 1 saturated carbocycles. The Hall–Kier alpha value is -3.72. The van der Waals surface area contributed by atoms with Gasteiger partial charge >= 0.3 is 12.2 Å². The summed E-state index contributed by atoms with van der Waals surface area (Å²) in [6.07, 6.45) is -0.582. The molecule has 4 rings (SSSR count). The quantitative estimate of drug-likeness (QED) is 0.228. The second-order valence-corrected chi connectivity index (χ2v) is 13.4. The Kier molecular flexibility index (Phi) is 9.95. The number of imidazole rings is 1. The normalized spacial score (nSPS) is 15.9. The van der Waals surface area contributed by atoms with Crippen LogP contribution < -0.4 is 5.32 Å². The number of aliphatic hydroxyl groups is 1. The summed E-state index contributed by atoms with van der Waals surface area (Å²) in [6, 6.07) is 12.3. The first-order valence-corrected chi connectivity index (χ1v) is 15.5. The smallest absolute Gasteiger partial charge is 0.413 e. The van der Waals surface area contributed by atoms with E-state index in [1.165, 1.54) is 25.3 Å². The summed E-state index contributed by atoms with van der Waals surface area (Å²) >= 11 is 0.